The van der Waals surface area contributed by atoms with Crippen molar-refractivity contribution in [2.45, 2.75) is 96.8 Å². The molecule has 4 saturated carbocycles. The molecule has 344 valence electrons. The molecule has 3 aromatic carbocycles. The molecule has 65 heavy (non-hydrogen) atoms. The van der Waals surface area contributed by atoms with Crippen LogP contribution < -0.4 is 14.8 Å². The van der Waals surface area contributed by atoms with Gasteiger partial charge in [-0.1, -0.05) is 56.3 Å². The molecule has 11 rings (SSSR count). The molecule has 1 spiro atoms. The molecule has 0 bridgehead atoms. The molecule has 0 radical (unpaired) electrons. The van der Waals surface area contributed by atoms with Crippen molar-refractivity contribution in [1.29, 1.82) is 0 Å². The van der Waals surface area contributed by atoms with Crippen LogP contribution in [0, 0.1) is 35.0 Å². The minimum atomic E-state index is -0.0498. The van der Waals surface area contributed by atoms with Crippen molar-refractivity contribution in [3.05, 3.63) is 114 Å². The van der Waals surface area contributed by atoms with Crippen LogP contribution in [0.4, 0.5) is 0 Å². The summed E-state index contributed by atoms with van der Waals surface area (Å²) in [7, 11) is 1.82. The Kier molecular flexibility index (Phi) is 13.3. The van der Waals surface area contributed by atoms with E-state index in [2.05, 4.69) is 22.5 Å². The van der Waals surface area contributed by atoms with Gasteiger partial charge in [-0.15, -0.1) is 0 Å². The van der Waals surface area contributed by atoms with Gasteiger partial charge in [-0.2, -0.15) is 0 Å². The van der Waals surface area contributed by atoms with Crippen molar-refractivity contribution in [2.75, 3.05) is 39.8 Å². The minimum absolute atomic E-state index is 0. The predicted molar refractivity (Wildman–Crippen MR) is 253 cm³/mol. The summed E-state index contributed by atoms with van der Waals surface area (Å²) in [5.74, 6) is 4.78. The number of allylic oxidation sites excluding steroid dienone is 2. The quantitative estimate of drug-likeness (QED) is 0.141. The Labute approximate surface area is 385 Å². The molecule has 5 aliphatic carbocycles. The van der Waals surface area contributed by atoms with Crippen molar-refractivity contribution in [3.63, 3.8) is 0 Å². The van der Waals surface area contributed by atoms with Gasteiger partial charge >= 0.3 is 0 Å². The Balaban J connectivity index is 0.000000171. The predicted octanol–water partition coefficient (Wildman–Crippen LogP) is 8.97. The monoisotopic (exact) mass is 882 g/mol. The highest BCUT2D eigenvalue weighted by Gasteiger charge is 2.67. The number of rotatable bonds is 12. The SMILES string of the molecule is CC.CN(Cc1cccc2ncccc12)C(=O)c1cccc(OC2CCN(C(=O)C3CC3)CC2)c1.O=C(NCC1CC2C=CC23CC13)c1cccc(OC2CCN(C(=O)C3CC3)CC2)c1.[HH]. The average Bonchev–Trinajstić information content (AvgIpc) is 4.20. The first-order valence-electron chi connectivity index (χ1n) is 24.4. The van der Waals surface area contributed by atoms with E-state index in [1.807, 2.05) is 110 Å². The maximum absolute atomic E-state index is 13.1. The molecule has 7 aliphatic rings. The van der Waals surface area contributed by atoms with Crippen LogP contribution in [0.3, 0.4) is 0 Å². The first kappa shape index (κ1) is 44.5. The second kappa shape index (κ2) is 19.4. The molecule has 2 aliphatic heterocycles. The van der Waals surface area contributed by atoms with Gasteiger partial charge in [0, 0.05) is 108 Å². The molecule has 3 heterocycles. The van der Waals surface area contributed by atoms with Gasteiger partial charge in [-0.05, 0) is 116 Å². The zero-order valence-corrected chi connectivity index (χ0v) is 38.3. The number of aromatic nitrogens is 1. The number of likely N-dealkylation sites (tertiary alicyclic amines) is 2. The Morgan fingerprint density at radius 1 is 0.754 bits per heavy atom. The summed E-state index contributed by atoms with van der Waals surface area (Å²) in [6.07, 6.45) is 16.8. The summed E-state index contributed by atoms with van der Waals surface area (Å²) in [6.45, 7) is 8.34. The van der Waals surface area contributed by atoms with E-state index >= 15 is 0 Å². The van der Waals surface area contributed by atoms with E-state index in [4.69, 9.17) is 9.47 Å². The number of ether oxygens (including phenoxy) is 2. The van der Waals surface area contributed by atoms with Crippen LogP contribution in [-0.2, 0) is 16.1 Å². The number of piperidine rings is 2. The molecule has 1 aromatic heterocycles. The lowest BCUT2D eigenvalue weighted by atomic mass is 9.80. The van der Waals surface area contributed by atoms with E-state index < -0.39 is 0 Å². The number of hydrogen-bond donors (Lipinski definition) is 1. The Morgan fingerprint density at radius 3 is 1.88 bits per heavy atom. The normalized spacial score (nSPS) is 24.2. The van der Waals surface area contributed by atoms with Gasteiger partial charge < -0.3 is 29.5 Å². The molecule has 1 N–H and O–H groups in total. The third-order valence-corrected chi connectivity index (χ3v) is 14.7. The number of pyridine rings is 1. The van der Waals surface area contributed by atoms with Crippen LogP contribution in [-0.4, -0.2) is 95.3 Å². The molecule has 11 heteroatoms. The van der Waals surface area contributed by atoms with E-state index in [1.165, 1.54) is 12.8 Å². The standard InChI is InChI=1S/C27H29N3O3.C25H30N2O3.C2H6.H2/c1-29(18-21-6-3-9-25-24(21)8-4-14-28-25)26(31)20-5-2-7-23(17-20)33-22-12-15-30(16-13-22)27(32)19-10-11-19;28-23(26-15-18-12-19-6-9-25(19)14-22(18)25)17-2-1-3-21(13-17)30-20-7-10-27(11-8-20)24(29)16-4-5-16;1-2;/h2-9,14,17,19,22H,10-13,15-16,18H2,1H3;1-3,6,9,13,16,18-20,22H,4-5,7-8,10-12,14-15H2,(H,26,28);1-2H3;1H. The fourth-order valence-electron chi connectivity index (χ4n) is 10.6. The fraction of sp³-hybridized carbons (Fsp3) is 0.500. The van der Waals surface area contributed by atoms with E-state index in [-0.39, 0.29) is 31.4 Å². The second-order valence-electron chi connectivity index (χ2n) is 19.1. The molecule has 4 atom stereocenters. The summed E-state index contributed by atoms with van der Waals surface area (Å²) in [6, 6.07) is 24.9. The molecular formula is C54H67N5O6. The number of fused-ring (bicyclic) bond motifs is 1. The molecule has 4 amide bonds. The molecule has 11 nitrogen and oxygen atoms in total. The maximum atomic E-state index is 13.1. The zero-order chi connectivity index (χ0) is 45.1. The zero-order valence-electron chi connectivity index (χ0n) is 38.3. The van der Waals surface area contributed by atoms with Crippen LogP contribution in [0.15, 0.2) is 97.2 Å². The molecule has 2 saturated heterocycles. The van der Waals surface area contributed by atoms with Gasteiger partial charge in [0.1, 0.15) is 23.7 Å². The molecule has 4 unspecified atom stereocenters. The summed E-state index contributed by atoms with van der Waals surface area (Å²) in [5, 5.41) is 4.22. The first-order chi connectivity index (χ1) is 31.7. The number of benzene rings is 3. The van der Waals surface area contributed by atoms with Crippen LogP contribution in [0.2, 0.25) is 0 Å². The lowest BCUT2D eigenvalue weighted by molar-refractivity contribution is -0.135. The van der Waals surface area contributed by atoms with Gasteiger partial charge in [0.2, 0.25) is 11.8 Å². The number of carbonyl (C=O) groups is 4. The van der Waals surface area contributed by atoms with Crippen molar-refractivity contribution in [1.82, 2.24) is 25.0 Å². The van der Waals surface area contributed by atoms with Crippen LogP contribution in [0.25, 0.3) is 10.9 Å². The first-order valence-corrected chi connectivity index (χ1v) is 24.4. The topological polar surface area (TPSA) is 121 Å². The van der Waals surface area contributed by atoms with Gasteiger partial charge in [-0.3, -0.25) is 24.2 Å². The number of amides is 4. The fourth-order valence-corrected chi connectivity index (χ4v) is 10.6. The van der Waals surface area contributed by atoms with E-state index in [0.717, 1.165) is 118 Å². The Morgan fingerprint density at radius 2 is 1.34 bits per heavy atom. The summed E-state index contributed by atoms with van der Waals surface area (Å²) in [4.78, 5) is 60.4. The number of hydrogen-bond acceptors (Lipinski definition) is 7. The van der Waals surface area contributed by atoms with Crippen LogP contribution in [0.5, 0.6) is 11.5 Å². The van der Waals surface area contributed by atoms with Crippen molar-refractivity contribution >= 4 is 34.5 Å². The summed E-state index contributed by atoms with van der Waals surface area (Å²) in [5.41, 5.74) is 3.79. The highest BCUT2D eigenvalue weighted by molar-refractivity contribution is 5.95. The third kappa shape index (κ3) is 10.1. The largest absolute Gasteiger partial charge is 0.490 e. The maximum Gasteiger partial charge on any atom is 0.254 e. The number of nitrogens with one attached hydrogen (secondary N) is 1. The molecule has 4 aromatic rings. The van der Waals surface area contributed by atoms with Crippen molar-refractivity contribution in [3.8, 4) is 11.5 Å². The average molecular weight is 882 g/mol. The molecule has 6 fully saturated rings. The van der Waals surface area contributed by atoms with Gasteiger partial charge in [0.25, 0.3) is 11.8 Å². The Hall–Kier alpha value is -5.71. The minimum Gasteiger partial charge on any atom is -0.490 e. The Bertz CT molecular complexity index is 2400. The van der Waals surface area contributed by atoms with E-state index in [0.29, 0.717) is 52.5 Å². The third-order valence-electron chi connectivity index (χ3n) is 14.7. The summed E-state index contributed by atoms with van der Waals surface area (Å²) >= 11 is 0. The van der Waals surface area contributed by atoms with E-state index in [1.54, 1.807) is 11.1 Å². The van der Waals surface area contributed by atoms with Crippen molar-refractivity contribution in [2.24, 2.45) is 35.0 Å². The van der Waals surface area contributed by atoms with Gasteiger partial charge in [0.05, 0.1) is 5.52 Å². The van der Waals surface area contributed by atoms with E-state index in [9.17, 15) is 19.2 Å². The summed E-state index contributed by atoms with van der Waals surface area (Å²) < 4.78 is 12.4. The molecular weight excluding hydrogens is 815 g/mol. The lowest BCUT2D eigenvalue weighted by Crippen LogP contribution is -2.42. The van der Waals surface area contributed by atoms with Crippen molar-refractivity contribution < 1.29 is 30.1 Å². The smallest absolute Gasteiger partial charge is 0.254 e. The lowest BCUT2D eigenvalue weighted by Gasteiger charge is -2.32. The second-order valence-corrected chi connectivity index (χ2v) is 19.1. The number of carbonyl (C=O) groups excluding carboxylic acids is 4. The van der Waals surface area contributed by atoms with Gasteiger partial charge in [-0.25, -0.2) is 0 Å². The van der Waals surface area contributed by atoms with Crippen LogP contribution >= 0.6 is 0 Å². The van der Waals surface area contributed by atoms with Gasteiger partial charge in [0.15, 0.2) is 0 Å². The number of nitrogens with zero attached hydrogens (tertiary/aromatic N) is 4. The highest BCUT2D eigenvalue weighted by atomic mass is 16.5. The highest BCUT2D eigenvalue weighted by Crippen LogP contribution is 2.74. The van der Waals surface area contributed by atoms with Crippen LogP contribution in [0.1, 0.15) is 106 Å².